The molecule has 0 spiro atoms. The minimum atomic E-state index is -4.94. The highest BCUT2D eigenvalue weighted by Gasteiger charge is 2.32. The summed E-state index contributed by atoms with van der Waals surface area (Å²) >= 11 is 0. The second-order valence-corrected chi connectivity index (χ2v) is 4.41. The van der Waals surface area contributed by atoms with Crippen LogP contribution in [-0.4, -0.2) is 23.4 Å². The molecule has 0 N–H and O–H groups in total. The Kier molecular flexibility index (Phi) is 3.86. The zero-order valence-electron chi connectivity index (χ0n) is 8.07. The van der Waals surface area contributed by atoms with Gasteiger partial charge < -0.3 is 0 Å². The molecular formula is C8H14ClNO4. The predicted octanol–water partition coefficient (Wildman–Crippen LogP) is -3.48. The summed E-state index contributed by atoms with van der Waals surface area (Å²) in [5.74, 6) is 0.910. The van der Waals surface area contributed by atoms with Crippen molar-refractivity contribution in [2.75, 3.05) is 13.1 Å². The predicted molar refractivity (Wildman–Crippen MR) is 38.0 cm³/mol. The molecule has 0 aliphatic carbocycles. The molecule has 1 unspecified atom stereocenters. The lowest BCUT2D eigenvalue weighted by Crippen LogP contribution is -2.68. The molecule has 0 aromatic heterocycles. The van der Waals surface area contributed by atoms with E-state index in [2.05, 4.69) is 11.5 Å². The van der Waals surface area contributed by atoms with Crippen molar-refractivity contribution in [3.8, 4) is 0 Å². The van der Waals surface area contributed by atoms with Crippen molar-refractivity contribution in [3.63, 3.8) is 0 Å². The van der Waals surface area contributed by atoms with E-state index in [1.807, 2.05) is 0 Å². The van der Waals surface area contributed by atoms with E-state index in [9.17, 15) is 0 Å². The van der Waals surface area contributed by atoms with E-state index in [1.165, 1.54) is 32.4 Å². The van der Waals surface area contributed by atoms with Crippen LogP contribution in [0.5, 0.6) is 0 Å². The fourth-order valence-corrected chi connectivity index (χ4v) is 2.08. The van der Waals surface area contributed by atoms with Crippen LogP contribution in [0, 0.1) is 16.2 Å². The van der Waals surface area contributed by atoms with E-state index >= 15 is 0 Å². The molecular weight excluding hydrogens is 210 g/mol. The summed E-state index contributed by atoms with van der Waals surface area (Å²) in [6, 6.07) is 0. The van der Waals surface area contributed by atoms with Crippen molar-refractivity contribution in [1.29, 1.82) is 0 Å². The van der Waals surface area contributed by atoms with Gasteiger partial charge in [0.1, 0.15) is 13.1 Å². The normalized spacial score (nSPS) is 25.9. The van der Waals surface area contributed by atoms with Gasteiger partial charge in [-0.05, 0) is 0 Å². The molecule has 0 fully saturated rings. The average Bonchev–Trinajstić information content (AvgIpc) is 2.52. The highest BCUT2D eigenvalue weighted by atomic mass is 35.7. The summed E-state index contributed by atoms with van der Waals surface area (Å²) in [6.45, 7) is 5.05. The van der Waals surface area contributed by atoms with Crippen molar-refractivity contribution in [1.82, 2.24) is 0 Å². The summed E-state index contributed by atoms with van der Waals surface area (Å²) < 4.78 is 36.5. The molecule has 0 bridgehead atoms. The van der Waals surface area contributed by atoms with E-state index in [0.717, 1.165) is 5.92 Å². The number of hydrogen-bond acceptors (Lipinski definition) is 4. The van der Waals surface area contributed by atoms with Crippen LogP contribution in [0.2, 0.25) is 0 Å². The molecule has 0 saturated carbocycles. The molecule has 1 atom stereocenters. The van der Waals surface area contributed by atoms with Gasteiger partial charge in [0, 0.05) is 25.2 Å². The molecule has 2 aliphatic heterocycles. The maximum absolute atomic E-state index is 8.49. The Morgan fingerprint density at radius 2 is 1.79 bits per heavy atom. The van der Waals surface area contributed by atoms with E-state index in [1.54, 1.807) is 5.71 Å². The van der Waals surface area contributed by atoms with Crippen LogP contribution < -0.4 is 18.6 Å². The molecule has 5 nitrogen and oxygen atoms in total. The third kappa shape index (κ3) is 3.89. The summed E-state index contributed by atoms with van der Waals surface area (Å²) in [7, 11) is -4.94. The smallest absolute Gasteiger partial charge is 0.155 e. The monoisotopic (exact) mass is 223 g/mol. The minimum absolute atomic E-state index is 0.910. The zero-order chi connectivity index (χ0) is 10.8. The van der Waals surface area contributed by atoms with Crippen LogP contribution in [0.25, 0.3) is 0 Å². The third-order valence-electron chi connectivity index (χ3n) is 2.67. The van der Waals surface area contributed by atoms with Gasteiger partial charge in [0.2, 0.25) is 0 Å². The molecule has 6 heteroatoms. The van der Waals surface area contributed by atoms with Crippen molar-refractivity contribution in [2.24, 2.45) is 5.92 Å². The molecule has 0 aromatic rings. The van der Waals surface area contributed by atoms with Gasteiger partial charge in [0.15, 0.2) is 5.71 Å². The Hall–Kier alpha value is -0.200. The standard InChI is InChI=1S/C8H14N.ClHO4/c1-7-4-6-9-5-2-3-8(7)9;2-1(3,4)5/h7H,2-6H2,1H3;(H,2,3,4,5)/q+1;/p-1. The van der Waals surface area contributed by atoms with E-state index < -0.39 is 10.2 Å². The molecule has 0 saturated heterocycles. The summed E-state index contributed by atoms with van der Waals surface area (Å²) in [5.41, 5.74) is 1.75. The Labute approximate surface area is 85.0 Å². The molecule has 2 rings (SSSR count). The van der Waals surface area contributed by atoms with Gasteiger partial charge in [-0.15, -0.1) is 10.2 Å². The van der Waals surface area contributed by atoms with Crippen molar-refractivity contribution < 1.29 is 33.5 Å². The van der Waals surface area contributed by atoms with Gasteiger partial charge >= 0.3 is 0 Å². The van der Waals surface area contributed by atoms with E-state index in [0.29, 0.717) is 0 Å². The van der Waals surface area contributed by atoms with Crippen LogP contribution in [0.1, 0.15) is 26.2 Å². The fraction of sp³-hybridized carbons (Fsp3) is 0.875. The first-order valence-electron chi connectivity index (χ1n) is 4.60. The summed E-state index contributed by atoms with van der Waals surface area (Å²) in [5, 5.41) is 0. The maximum atomic E-state index is 8.49. The summed E-state index contributed by atoms with van der Waals surface area (Å²) in [6.07, 6.45) is 4.22. The van der Waals surface area contributed by atoms with Crippen molar-refractivity contribution in [2.45, 2.75) is 26.2 Å². The molecule has 82 valence electrons. The first-order valence-corrected chi connectivity index (χ1v) is 5.84. The highest BCUT2D eigenvalue weighted by Crippen LogP contribution is 2.21. The summed E-state index contributed by atoms with van der Waals surface area (Å²) in [4.78, 5) is 0. The van der Waals surface area contributed by atoms with E-state index in [-0.39, 0.29) is 0 Å². The maximum Gasteiger partial charge on any atom is 0.155 e. The lowest BCUT2D eigenvalue weighted by molar-refractivity contribution is -2.00. The Balaban J connectivity index is 0.000000171. The topological polar surface area (TPSA) is 95.2 Å². The largest absolute Gasteiger partial charge is 0.237 e. The molecule has 0 radical (unpaired) electrons. The Bertz CT molecular complexity index is 230. The van der Waals surface area contributed by atoms with Crippen LogP contribution in [0.3, 0.4) is 0 Å². The van der Waals surface area contributed by atoms with Crippen LogP contribution in [-0.2, 0) is 0 Å². The highest BCUT2D eigenvalue weighted by molar-refractivity contribution is 5.83. The lowest BCUT2D eigenvalue weighted by Gasteiger charge is -2.17. The number of nitrogens with zero attached hydrogens (tertiary/aromatic N) is 1. The quantitative estimate of drug-likeness (QED) is 0.399. The minimum Gasteiger partial charge on any atom is -0.237 e. The van der Waals surface area contributed by atoms with Crippen LogP contribution in [0.15, 0.2) is 0 Å². The van der Waals surface area contributed by atoms with Crippen molar-refractivity contribution >= 4 is 5.71 Å². The molecule has 0 amide bonds. The van der Waals surface area contributed by atoms with Crippen LogP contribution in [0.4, 0.5) is 0 Å². The van der Waals surface area contributed by atoms with Gasteiger partial charge in [0.05, 0.1) is 0 Å². The Morgan fingerprint density at radius 3 is 2.29 bits per heavy atom. The number of halogens is 1. The second kappa shape index (κ2) is 4.55. The van der Waals surface area contributed by atoms with E-state index in [4.69, 9.17) is 18.6 Å². The van der Waals surface area contributed by atoms with Crippen molar-refractivity contribution in [3.05, 3.63) is 0 Å². The zero-order valence-corrected chi connectivity index (χ0v) is 8.83. The van der Waals surface area contributed by atoms with Gasteiger partial charge in [0.25, 0.3) is 0 Å². The Morgan fingerprint density at radius 1 is 1.21 bits per heavy atom. The number of hydrogen-bond donors (Lipinski definition) is 0. The molecule has 0 aromatic carbocycles. The van der Waals surface area contributed by atoms with Gasteiger partial charge in [-0.1, -0.05) is 6.92 Å². The van der Waals surface area contributed by atoms with Crippen LogP contribution >= 0.6 is 0 Å². The average molecular weight is 224 g/mol. The molecule has 2 heterocycles. The fourth-order valence-electron chi connectivity index (χ4n) is 2.08. The second-order valence-electron chi connectivity index (χ2n) is 3.65. The number of rotatable bonds is 0. The molecule has 14 heavy (non-hydrogen) atoms. The first-order chi connectivity index (χ1) is 6.38. The van der Waals surface area contributed by atoms with Gasteiger partial charge in [-0.3, -0.25) is 0 Å². The first kappa shape index (κ1) is 11.9. The SMILES string of the molecule is CC1CC[N+]2=C1CCC2.[O-][Cl+3]([O-])([O-])[O-]. The molecule has 2 aliphatic rings. The van der Waals surface area contributed by atoms with Gasteiger partial charge in [-0.2, -0.15) is 0 Å². The third-order valence-corrected chi connectivity index (χ3v) is 2.67. The lowest BCUT2D eigenvalue weighted by atomic mass is 10.0. The van der Waals surface area contributed by atoms with Gasteiger partial charge in [-0.25, -0.2) is 23.2 Å².